The summed E-state index contributed by atoms with van der Waals surface area (Å²) in [6, 6.07) is 15.6. The molecule has 1 aromatic heterocycles. The van der Waals surface area contributed by atoms with Crippen LogP contribution in [0.25, 0.3) is 5.57 Å². The summed E-state index contributed by atoms with van der Waals surface area (Å²) in [5.74, 6) is 0.497. The zero-order valence-corrected chi connectivity index (χ0v) is 18.1. The zero-order valence-electron chi connectivity index (χ0n) is 17.3. The van der Waals surface area contributed by atoms with Gasteiger partial charge in [0.25, 0.3) is 0 Å². The lowest BCUT2D eigenvalue weighted by molar-refractivity contribution is -0.137. The molecule has 30 heavy (non-hydrogen) atoms. The van der Waals surface area contributed by atoms with Gasteiger partial charge in [-0.1, -0.05) is 30.8 Å². The van der Waals surface area contributed by atoms with Crippen molar-refractivity contribution in [2.75, 3.05) is 0 Å². The van der Waals surface area contributed by atoms with E-state index < -0.39 is 5.97 Å². The van der Waals surface area contributed by atoms with E-state index in [-0.39, 0.29) is 12.5 Å². The molecular formula is C25H26O4S. The van der Waals surface area contributed by atoms with E-state index in [1.165, 1.54) is 0 Å². The normalized spacial score (nSPS) is 11.7. The average Bonchev–Trinajstić information content (AvgIpc) is 3.23. The van der Waals surface area contributed by atoms with Crippen molar-refractivity contribution in [3.05, 3.63) is 88.1 Å². The Morgan fingerprint density at radius 1 is 1.20 bits per heavy atom. The van der Waals surface area contributed by atoms with E-state index in [4.69, 9.17) is 9.47 Å². The minimum absolute atomic E-state index is 0.0236. The van der Waals surface area contributed by atoms with Crippen molar-refractivity contribution < 1.29 is 19.4 Å². The summed E-state index contributed by atoms with van der Waals surface area (Å²) in [6.45, 7) is 8.47. The van der Waals surface area contributed by atoms with Crippen LogP contribution in [0.1, 0.15) is 48.1 Å². The second-order valence-corrected chi connectivity index (χ2v) is 8.03. The number of ether oxygens (including phenoxy) is 2. The van der Waals surface area contributed by atoms with Crippen LogP contribution >= 0.6 is 11.3 Å². The van der Waals surface area contributed by atoms with E-state index in [1.54, 1.807) is 11.3 Å². The van der Waals surface area contributed by atoms with Crippen LogP contribution in [0.5, 0.6) is 11.5 Å². The topological polar surface area (TPSA) is 55.8 Å². The molecule has 1 atom stereocenters. The fraction of sp³-hybridized carbons (Fsp3) is 0.240. The van der Waals surface area contributed by atoms with E-state index in [0.29, 0.717) is 24.5 Å². The standard InChI is InChI=1S/C25H26O4S/c1-17(2)21-9-8-20(28-15-19-12-13-30-16-19)14-24(21)29-23(10-11-25(26)27)22-7-5-4-6-18(22)3/h4-9,12-14,16,23H,1,10-11,15H2,2-3H3,(H,26,27). The minimum atomic E-state index is -0.842. The summed E-state index contributed by atoms with van der Waals surface area (Å²) in [4.78, 5) is 11.2. The Hall–Kier alpha value is -3.05. The number of carbonyl (C=O) groups is 1. The smallest absolute Gasteiger partial charge is 0.303 e. The van der Waals surface area contributed by atoms with Gasteiger partial charge in [-0.2, -0.15) is 11.3 Å². The molecule has 0 amide bonds. The molecule has 4 nitrogen and oxygen atoms in total. The second-order valence-electron chi connectivity index (χ2n) is 7.25. The van der Waals surface area contributed by atoms with Crippen LogP contribution in [-0.4, -0.2) is 11.1 Å². The molecule has 0 fully saturated rings. The van der Waals surface area contributed by atoms with E-state index in [0.717, 1.165) is 27.8 Å². The lowest BCUT2D eigenvalue weighted by atomic mass is 9.99. The highest BCUT2D eigenvalue weighted by atomic mass is 32.1. The van der Waals surface area contributed by atoms with Gasteiger partial charge in [0.1, 0.15) is 24.2 Å². The Balaban J connectivity index is 1.88. The van der Waals surface area contributed by atoms with Gasteiger partial charge in [0, 0.05) is 18.1 Å². The van der Waals surface area contributed by atoms with Gasteiger partial charge in [-0.25, -0.2) is 0 Å². The summed E-state index contributed by atoms with van der Waals surface area (Å²) in [5.41, 5.74) is 4.92. The molecule has 0 aliphatic rings. The monoisotopic (exact) mass is 422 g/mol. The number of rotatable bonds is 10. The Morgan fingerprint density at radius 2 is 2.00 bits per heavy atom. The lowest BCUT2D eigenvalue weighted by Gasteiger charge is -2.23. The highest BCUT2D eigenvalue weighted by molar-refractivity contribution is 7.07. The number of carboxylic acid groups (broad SMARTS) is 1. The Labute approximate surface area is 181 Å². The second kappa shape index (κ2) is 10.1. The van der Waals surface area contributed by atoms with Crippen molar-refractivity contribution in [1.82, 2.24) is 0 Å². The predicted molar refractivity (Wildman–Crippen MR) is 121 cm³/mol. The molecule has 0 radical (unpaired) electrons. The number of hydrogen-bond acceptors (Lipinski definition) is 4. The number of aliphatic carboxylic acids is 1. The van der Waals surface area contributed by atoms with Gasteiger partial charge in [-0.15, -0.1) is 0 Å². The summed E-state index contributed by atoms with van der Waals surface area (Å²) in [5, 5.41) is 13.3. The molecule has 0 aliphatic heterocycles. The molecule has 0 saturated carbocycles. The quantitative estimate of drug-likeness (QED) is 0.397. The van der Waals surface area contributed by atoms with Gasteiger partial charge in [0.15, 0.2) is 0 Å². The molecule has 3 aromatic rings. The van der Waals surface area contributed by atoms with Crippen LogP contribution in [0.3, 0.4) is 0 Å². The van der Waals surface area contributed by atoms with Crippen LogP contribution in [0.4, 0.5) is 0 Å². The van der Waals surface area contributed by atoms with Gasteiger partial charge < -0.3 is 14.6 Å². The maximum atomic E-state index is 11.2. The summed E-state index contributed by atoms with van der Waals surface area (Å²) in [6.07, 6.45) is 0.0125. The third kappa shape index (κ3) is 5.74. The van der Waals surface area contributed by atoms with E-state index in [9.17, 15) is 9.90 Å². The number of thiophene rings is 1. The summed E-state index contributed by atoms with van der Waals surface area (Å²) < 4.78 is 12.3. The molecule has 3 rings (SSSR count). The first kappa shape index (κ1) is 21.7. The van der Waals surface area contributed by atoms with Crippen molar-refractivity contribution in [2.45, 2.75) is 39.4 Å². The number of aryl methyl sites for hydroxylation is 1. The maximum absolute atomic E-state index is 11.2. The van der Waals surface area contributed by atoms with Gasteiger partial charge in [-0.05, 0) is 71.5 Å². The Morgan fingerprint density at radius 3 is 2.67 bits per heavy atom. The van der Waals surface area contributed by atoms with Crippen molar-refractivity contribution in [3.8, 4) is 11.5 Å². The molecule has 0 aliphatic carbocycles. The fourth-order valence-electron chi connectivity index (χ4n) is 3.22. The molecule has 1 N–H and O–H groups in total. The molecule has 0 spiro atoms. The average molecular weight is 423 g/mol. The van der Waals surface area contributed by atoms with Crippen molar-refractivity contribution in [1.29, 1.82) is 0 Å². The molecular weight excluding hydrogens is 396 g/mol. The van der Waals surface area contributed by atoms with Crippen LogP contribution in [0.2, 0.25) is 0 Å². The number of carboxylic acids is 1. The first-order chi connectivity index (χ1) is 14.4. The Bertz CT molecular complexity index is 1010. The van der Waals surface area contributed by atoms with Crippen molar-refractivity contribution in [3.63, 3.8) is 0 Å². The van der Waals surface area contributed by atoms with Gasteiger partial charge in [-0.3, -0.25) is 4.79 Å². The van der Waals surface area contributed by atoms with E-state index in [1.807, 2.05) is 67.8 Å². The largest absolute Gasteiger partial charge is 0.489 e. The highest BCUT2D eigenvalue weighted by Gasteiger charge is 2.19. The van der Waals surface area contributed by atoms with Crippen LogP contribution in [0, 0.1) is 6.92 Å². The number of hydrogen-bond donors (Lipinski definition) is 1. The Kier molecular flexibility index (Phi) is 7.31. The van der Waals surface area contributed by atoms with Crippen LogP contribution < -0.4 is 9.47 Å². The predicted octanol–water partition coefficient (Wildman–Crippen LogP) is 6.65. The molecule has 2 aromatic carbocycles. The van der Waals surface area contributed by atoms with Gasteiger partial charge in [0.05, 0.1) is 0 Å². The van der Waals surface area contributed by atoms with E-state index >= 15 is 0 Å². The SMILES string of the molecule is C=C(C)c1ccc(OCc2ccsc2)cc1OC(CCC(=O)O)c1ccccc1C. The molecule has 0 saturated heterocycles. The first-order valence-corrected chi connectivity index (χ1v) is 10.8. The van der Waals surface area contributed by atoms with E-state index in [2.05, 4.69) is 12.0 Å². The zero-order chi connectivity index (χ0) is 21.5. The van der Waals surface area contributed by atoms with Crippen molar-refractivity contribution >= 4 is 22.9 Å². The third-order valence-corrected chi connectivity index (χ3v) is 5.56. The van der Waals surface area contributed by atoms with Gasteiger partial charge in [0.2, 0.25) is 0 Å². The number of allylic oxidation sites excluding steroid dienone is 1. The van der Waals surface area contributed by atoms with Gasteiger partial charge >= 0.3 is 5.97 Å². The van der Waals surface area contributed by atoms with Crippen LogP contribution in [0.15, 0.2) is 65.9 Å². The molecule has 0 bridgehead atoms. The van der Waals surface area contributed by atoms with Crippen LogP contribution in [-0.2, 0) is 11.4 Å². The minimum Gasteiger partial charge on any atom is -0.489 e. The lowest BCUT2D eigenvalue weighted by Crippen LogP contribution is -2.12. The molecule has 156 valence electrons. The first-order valence-electron chi connectivity index (χ1n) is 9.82. The molecule has 1 heterocycles. The maximum Gasteiger partial charge on any atom is 0.303 e. The van der Waals surface area contributed by atoms with Crippen molar-refractivity contribution in [2.24, 2.45) is 0 Å². The molecule has 1 unspecified atom stereocenters. The summed E-state index contributed by atoms with van der Waals surface area (Å²) in [7, 11) is 0. The molecule has 5 heteroatoms. The fourth-order valence-corrected chi connectivity index (χ4v) is 3.87. The third-order valence-electron chi connectivity index (χ3n) is 4.82. The summed E-state index contributed by atoms with van der Waals surface area (Å²) >= 11 is 1.64. The highest BCUT2D eigenvalue weighted by Crippen LogP contribution is 2.35. The number of benzene rings is 2.